The van der Waals surface area contributed by atoms with Gasteiger partial charge in [-0.25, -0.2) is 17.6 Å². The number of H-pyrrole nitrogens is 1. The van der Waals surface area contributed by atoms with Crippen LogP contribution in [0.5, 0.6) is 0 Å². The fourth-order valence-corrected chi connectivity index (χ4v) is 10.2. The molecule has 5 N–H and O–H groups in total. The quantitative estimate of drug-likeness (QED) is 0.106. The molecule has 2 aromatic carbocycles. The zero-order valence-corrected chi connectivity index (χ0v) is 35.9. The number of hydrogen-bond acceptors (Lipinski definition) is 12. The van der Waals surface area contributed by atoms with Gasteiger partial charge in [-0.3, -0.25) is 19.6 Å². The van der Waals surface area contributed by atoms with Gasteiger partial charge in [-0.05, 0) is 66.8 Å². The highest BCUT2D eigenvalue weighted by Crippen LogP contribution is 2.55. The molecule has 2 aliphatic heterocycles. The number of alkyl halides is 4. The number of benzene rings is 2. The Morgan fingerprint density at radius 2 is 1.15 bits per heavy atom. The first kappa shape index (κ1) is 44.9. The predicted molar refractivity (Wildman–Crippen MR) is 232 cm³/mol. The third-order valence-corrected chi connectivity index (χ3v) is 13.7. The zero-order valence-electron chi connectivity index (χ0n) is 35.9. The molecule has 13 nitrogen and oxygen atoms in total. The van der Waals surface area contributed by atoms with E-state index in [0.717, 1.165) is 27.8 Å². The van der Waals surface area contributed by atoms with E-state index in [0.29, 0.717) is 22.8 Å². The largest absolute Gasteiger partial charge is 0.461 e. The molecule has 5 heterocycles. The van der Waals surface area contributed by atoms with Crippen molar-refractivity contribution in [2.75, 3.05) is 0 Å². The summed E-state index contributed by atoms with van der Waals surface area (Å²) in [5, 5.41) is 23.4. The molecule has 0 bridgehead atoms. The average molecular weight is 890 g/mol. The van der Waals surface area contributed by atoms with E-state index in [2.05, 4.69) is 36.7 Å². The maximum atomic E-state index is 14.8. The summed E-state index contributed by atoms with van der Waals surface area (Å²) < 4.78 is 69.5. The molecule has 2 saturated heterocycles. The van der Waals surface area contributed by atoms with E-state index >= 15 is 0 Å². The van der Waals surface area contributed by atoms with Crippen LogP contribution in [-0.2, 0) is 19.1 Å². The number of nitrogens with two attached hydrogens (primary N) is 2. The monoisotopic (exact) mass is 889 g/mol. The van der Waals surface area contributed by atoms with Crippen LogP contribution in [-0.4, -0.2) is 77.7 Å². The number of carbonyl (C=O) groups excluding carboxylic acids is 2. The fourth-order valence-electron chi connectivity index (χ4n) is 10.2. The molecule has 65 heavy (non-hydrogen) atoms. The number of esters is 2. The molecule has 336 valence electrons. The lowest BCUT2D eigenvalue weighted by molar-refractivity contribution is -0.155. The smallest absolute Gasteiger partial charge is 0.327 e. The maximum Gasteiger partial charge on any atom is 0.327 e. The van der Waals surface area contributed by atoms with Gasteiger partial charge in [0.05, 0.1) is 23.0 Å². The number of rotatable bonds is 7. The number of aromatic amines is 1. The Hall–Kier alpha value is -6.64. The number of cyclic esters (lactones) is 2. The zero-order chi connectivity index (χ0) is 46.5. The van der Waals surface area contributed by atoms with Gasteiger partial charge in [0.25, 0.3) is 11.8 Å². The third kappa shape index (κ3) is 8.21. The third-order valence-electron chi connectivity index (χ3n) is 13.7. The maximum absolute atomic E-state index is 14.8. The van der Waals surface area contributed by atoms with E-state index < -0.39 is 95.4 Å². The lowest BCUT2D eigenvalue weighted by atomic mass is 9.61. The molecule has 17 heteroatoms. The normalized spacial score (nSPS) is 31.0. The van der Waals surface area contributed by atoms with Gasteiger partial charge in [0.15, 0.2) is 0 Å². The summed E-state index contributed by atoms with van der Waals surface area (Å²) in [7, 11) is 0. The van der Waals surface area contributed by atoms with Gasteiger partial charge in [-0.15, -0.1) is 10.2 Å². The summed E-state index contributed by atoms with van der Waals surface area (Å²) in [6.45, 7) is 6.39. The van der Waals surface area contributed by atoms with Gasteiger partial charge in [-0.1, -0.05) is 80.6 Å². The Morgan fingerprint density at radius 3 is 1.60 bits per heavy atom. The SMILES string of the molecule is C[C@H]1OC(=O)[C@]2(N)CC(F)(F)[C@@H](C)[C@H](/C=C/c3ccc(-c4ccccc4-c4nn[nH]n4)cn3)[C@H]12.C[C@H]1OC(=O)[C@]2(N)CC(F)(F)[C@@H](C)[C@H](/C=C/c3ccc(-c4ccccc4C#N)cn3)[C@H]12. The molecule has 0 amide bonds. The lowest BCUT2D eigenvalue weighted by Gasteiger charge is -2.46. The van der Waals surface area contributed by atoms with Crippen LogP contribution in [0.15, 0.2) is 97.3 Å². The number of tetrazole rings is 1. The second-order valence-corrected chi connectivity index (χ2v) is 17.6. The number of fused-ring (bicyclic) bond motifs is 2. The first-order valence-electron chi connectivity index (χ1n) is 21.2. The van der Waals surface area contributed by atoms with E-state index in [1.54, 1.807) is 74.8 Å². The number of allylic oxidation sites excluding steroid dienone is 2. The minimum Gasteiger partial charge on any atom is -0.461 e. The molecule has 4 aliphatic rings. The van der Waals surface area contributed by atoms with Crippen molar-refractivity contribution in [1.82, 2.24) is 30.6 Å². The van der Waals surface area contributed by atoms with Gasteiger partial charge in [0.2, 0.25) is 5.82 Å². The Morgan fingerprint density at radius 1 is 0.692 bits per heavy atom. The number of pyridine rings is 2. The van der Waals surface area contributed by atoms with Crippen molar-refractivity contribution < 1.29 is 36.6 Å². The van der Waals surface area contributed by atoms with Crippen molar-refractivity contribution in [1.29, 1.82) is 5.26 Å². The Kier molecular flexibility index (Phi) is 11.8. The summed E-state index contributed by atoms with van der Waals surface area (Å²) in [6.07, 6.45) is 7.61. The molecule has 9 rings (SSSR count). The van der Waals surface area contributed by atoms with Crippen LogP contribution >= 0.6 is 0 Å². The summed E-state index contributed by atoms with van der Waals surface area (Å²) in [4.78, 5) is 33.4. The van der Waals surface area contributed by atoms with Crippen molar-refractivity contribution in [3.05, 3.63) is 114 Å². The Balaban J connectivity index is 0.000000178. The summed E-state index contributed by atoms with van der Waals surface area (Å²) >= 11 is 0. The molecule has 2 aliphatic carbocycles. The molecule has 2 saturated carbocycles. The number of halogens is 4. The van der Waals surface area contributed by atoms with Crippen molar-refractivity contribution >= 4 is 24.1 Å². The van der Waals surface area contributed by atoms with Gasteiger partial charge in [-0.2, -0.15) is 10.5 Å². The van der Waals surface area contributed by atoms with Crippen LogP contribution in [0, 0.1) is 46.8 Å². The van der Waals surface area contributed by atoms with Crippen molar-refractivity contribution in [2.24, 2.45) is 47.0 Å². The van der Waals surface area contributed by atoms with Crippen LogP contribution in [0.4, 0.5) is 17.6 Å². The van der Waals surface area contributed by atoms with Gasteiger partial charge < -0.3 is 20.9 Å². The van der Waals surface area contributed by atoms with Crippen molar-refractivity contribution in [3.63, 3.8) is 0 Å². The minimum absolute atomic E-state index is 0.472. The standard InChI is InChI=1S/C24H24F2N6O2.C24H23F2N3O2/c1-13-17(20-14(2)34-22(33)23(20,27)12-24(13,25)26)10-9-16-8-7-15(11-28-16)18-5-3-4-6-19(18)21-29-31-32-30-21;1-14-19(21-15(2)31-22(30)23(21,28)13-24(14,25)26)10-9-18-8-7-17(12-29-18)20-6-4-3-5-16(20)11-27/h3-11,13-14,17,20H,12,27H2,1-2H3,(H,29,30,31,32);3-10,12,14-15,19,21H,13,28H2,1-2H3/b2*10-9+/t13-,14+,17-,20-,23-;14-,15+,19-,21-,23-/m00/s1. The molecule has 0 spiro atoms. The second kappa shape index (κ2) is 17.1. The molecule has 5 aromatic rings. The van der Waals surface area contributed by atoms with E-state index in [1.165, 1.54) is 13.8 Å². The van der Waals surface area contributed by atoms with Crippen LogP contribution in [0.1, 0.15) is 57.5 Å². The number of hydrogen-bond donors (Lipinski definition) is 3. The topological polar surface area (TPSA) is 209 Å². The minimum atomic E-state index is -3.08. The second-order valence-electron chi connectivity index (χ2n) is 17.6. The number of carbonyl (C=O) groups is 2. The first-order chi connectivity index (χ1) is 30.9. The number of nitrogens with one attached hydrogen (secondary N) is 1. The molecule has 0 radical (unpaired) electrons. The lowest BCUT2D eigenvalue weighted by Crippen LogP contribution is -2.62. The summed E-state index contributed by atoms with van der Waals surface area (Å²) in [6, 6.07) is 24.3. The Labute approximate surface area is 372 Å². The summed E-state index contributed by atoms with van der Waals surface area (Å²) in [5.74, 6) is -11.6. The molecular formula is C48H47F4N9O4. The number of nitrogens with zero attached hydrogens (tertiary/aromatic N) is 6. The molecule has 4 fully saturated rings. The summed E-state index contributed by atoms with van der Waals surface area (Å²) in [5.41, 5.74) is 14.8. The highest BCUT2D eigenvalue weighted by molar-refractivity contribution is 5.85. The van der Waals surface area contributed by atoms with E-state index in [-0.39, 0.29) is 0 Å². The van der Waals surface area contributed by atoms with Gasteiger partial charge in [0.1, 0.15) is 23.3 Å². The first-order valence-corrected chi connectivity index (χ1v) is 21.2. The van der Waals surface area contributed by atoms with Crippen molar-refractivity contribution in [3.8, 4) is 39.7 Å². The van der Waals surface area contributed by atoms with E-state index in [1.807, 2.05) is 48.5 Å². The van der Waals surface area contributed by atoms with Crippen LogP contribution in [0.2, 0.25) is 0 Å². The molecule has 10 atom stereocenters. The van der Waals surface area contributed by atoms with E-state index in [4.69, 9.17) is 20.9 Å². The van der Waals surface area contributed by atoms with E-state index in [9.17, 15) is 32.4 Å². The number of nitriles is 1. The Bertz CT molecular complexity index is 2670. The van der Waals surface area contributed by atoms with Crippen molar-refractivity contribution in [2.45, 2.75) is 75.7 Å². The average Bonchev–Trinajstić information content (AvgIpc) is 3.96. The number of ether oxygens (including phenoxy) is 2. The molecule has 0 unspecified atom stereocenters. The van der Waals surface area contributed by atoms with Gasteiger partial charge in [0, 0.05) is 71.2 Å². The predicted octanol–water partition coefficient (Wildman–Crippen LogP) is 7.68. The highest BCUT2D eigenvalue weighted by Gasteiger charge is 2.67. The van der Waals surface area contributed by atoms with Crippen LogP contribution in [0.25, 0.3) is 45.8 Å². The van der Waals surface area contributed by atoms with Crippen LogP contribution < -0.4 is 11.5 Å². The number of aromatic nitrogens is 6. The fraction of sp³-hybridized carbons (Fsp3) is 0.375. The molecule has 3 aromatic heterocycles. The molecular weight excluding hydrogens is 843 g/mol. The highest BCUT2D eigenvalue weighted by atomic mass is 19.3. The van der Waals surface area contributed by atoms with Gasteiger partial charge >= 0.3 is 11.9 Å². The van der Waals surface area contributed by atoms with Crippen LogP contribution in [0.3, 0.4) is 0 Å².